The highest BCUT2D eigenvalue weighted by Gasteiger charge is 2.27. The molecule has 1 aromatic heterocycles. The molecule has 0 saturated heterocycles. The number of nitro benzene ring substituents is 1. The lowest BCUT2D eigenvalue weighted by atomic mass is 9.87. The number of nitro groups is 1. The summed E-state index contributed by atoms with van der Waals surface area (Å²) in [5.41, 5.74) is -0.425. The Kier molecular flexibility index (Phi) is 4.53. The summed E-state index contributed by atoms with van der Waals surface area (Å²) < 4.78 is 5.27. The van der Waals surface area contributed by atoms with Gasteiger partial charge in [-0.25, -0.2) is 4.79 Å². The van der Waals surface area contributed by atoms with Crippen LogP contribution in [-0.4, -0.2) is 15.8 Å². The first-order chi connectivity index (χ1) is 12.4. The maximum absolute atomic E-state index is 12.5. The zero-order chi connectivity index (χ0) is 18.8. The van der Waals surface area contributed by atoms with Crippen molar-refractivity contribution in [2.75, 3.05) is 0 Å². The van der Waals surface area contributed by atoms with Gasteiger partial charge >= 0.3 is 5.63 Å². The van der Waals surface area contributed by atoms with E-state index in [1.54, 1.807) is 30.3 Å². The average molecular weight is 353 g/mol. The van der Waals surface area contributed by atoms with E-state index in [1.807, 2.05) is 0 Å². The molecule has 3 aromatic rings. The summed E-state index contributed by atoms with van der Waals surface area (Å²) in [7, 11) is 0. The SMILES string of the molecule is CC(=O)C[C@H](c1cccc([N+](=O)[O-])c1)c1c(O)c2ccccc2oc1=O. The monoisotopic (exact) mass is 353 g/mol. The quantitative estimate of drug-likeness (QED) is 0.427. The van der Waals surface area contributed by atoms with Crippen molar-refractivity contribution in [1.82, 2.24) is 0 Å². The molecule has 1 heterocycles. The maximum atomic E-state index is 12.5. The number of carbonyl (C=O) groups is 1. The highest BCUT2D eigenvalue weighted by Crippen LogP contribution is 2.36. The number of fused-ring (bicyclic) bond motifs is 1. The zero-order valence-corrected chi connectivity index (χ0v) is 13.8. The second-order valence-electron chi connectivity index (χ2n) is 5.96. The molecule has 0 unspecified atom stereocenters. The standard InChI is InChI=1S/C19H15NO6/c1-11(21)9-15(12-5-4-6-13(10-12)20(24)25)17-18(22)14-7-2-3-8-16(14)26-19(17)23/h2-8,10,15,22H,9H2,1H3/t15-/m1/s1. The molecule has 0 radical (unpaired) electrons. The Morgan fingerprint density at radius 1 is 1.23 bits per heavy atom. The lowest BCUT2D eigenvalue weighted by Gasteiger charge is -2.17. The Morgan fingerprint density at radius 3 is 2.65 bits per heavy atom. The number of benzene rings is 2. The predicted octanol–water partition coefficient (Wildman–Crippen LogP) is 3.52. The fourth-order valence-corrected chi connectivity index (χ4v) is 2.98. The molecule has 2 aromatic carbocycles. The van der Waals surface area contributed by atoms with Gasteiger partial charge in [-0.05, 0) is 24.6 Å². The minimum absolute atomic E-state index is 0.0839. The van der Waals surface area contributed by atoms with Crippen LogP contribution in [0.4, 0.5) is 5.69 Å². The first-order valence-electron chi connectivity index (χ1n) is 7.87. The third-order valence-corrected chi connectivity index (χ3v) is 4.14. The molecule has 7 nitrogen and oxygen atoms in total. The number of hydrogen-bond acceptors (Lipinski definition) is 6. The van der Waals surface area contributed by atoms with Crippen molar-refractivity contribution in [3.63, 3.8) is 0 Å². The second-order valence-corrected chi connectivity index (χ2v) is 5.96. The Balaban J connectivity index is 2.26. The van der Waals surface area contributed by atoms with Crippen molar-refractivity contribution >= 4 is 22.4 Å². The Bertz CT molecular complexity index is 1070. The first-order valence-corrected chi connectivity index (χ1v) is 7.87. The van der Waals surface area contributed by atoms with Crippen LogP contribution in [-0.2, 0) is 4.79 Å². The molecule has 1 N–H and O–H groups in total. The minimum Gasteiger partial charge on any atom is -0.507 e. The number of nitrogens with zero attached hydrogens (tertiary/aromatic N) is 1. The van der Waals surface area contributed by atoms with Gasteiger partial charge in [0.05, 0.1) is 15.9 Å². The van der Waals surface area contributed by atoms with Crippen molar-refractivity contribution in [2.45, 2.75) is 19.3 Å². The van der Waals surface area contributed by atoms with E-state index in [9.17, 15) is 24.8 Å². The summed E-state index contributed by atoms with van der Waals surface area (Å²) >= 11 is 0. The molecule has 132 valence electrons. The lowest BCUT2D eigenvalue weighted by Crippen LogP contribution is -2.16. The number of carbonyl (C=O) groups excluding carboxylic acids is 1. The number of para-hydroxylation sites is 1. The fraction of sp³-hybridized carbons (Fsp3) is 0.158. The smallest absolute Gasteiger partial charge is 0.343 e. The Morgan fingerprint density at radius 2 is 1.96 bits per heavy atom. The Hall–Kier alpha value is -3.48. The van der Waals surface area contributed by atoms with E-state index in [1.165, 1.54) is 25.1 Å². The van der Waals surface area contributed by atoms with Crippen molar-refractivity contribution in [3.8, 4) is 5.75 Å². The van der Waals surface area contributed by atoms with E-state index in [0.717, 1.165) is 0 Å². The molecule has 0 amide bonds. The van der Waals surface area contributed by atoms with Crippen LogP contribution >= 0.6 is 0 Å². The molecule has 1 atom stereocenters. The summed E-state index contributed by atoms with van der Waals surface area (Å²) in [5, 5.41) is 22.0. The first kappa shape index (κ1) is 17.3. The van der Waals surface area contributed by atoms with Gasteiger partial charge in [0.1, 0.15) is 17.1 Å². The van der Waals surface area contributed by atoms with Crippen LogP contribution in [0.15, 0.2) is 57.7 Å². The predicted molar refractivity (Wildman–Crippen MR) is 94.4 cm³/mol. The third-order valence-electron chi connectivity index (χ3n) is 4.14. The van der Waals surface area contributed by atoms with Gasteiger partial charge in [-0.15, -0.1) is 0 Å². The minimum atomic E-state index is -0.853. The topological polar surface area (TPSA) is 111 Å². The maximum Gasteiger partial charge on any atom is 0.343 e. The van der Waals surface area contributed by atoms with Crippen LogP contribution in [0.3, 0.4) is 0 Å². The van der Waals surface area contributed by atoms with Gasteiger partial charge in [-0.2, -0.15) is 0 Å². The van der Waals surface area contributed by atoms with Crippen LogP contribution in [0.5, 0.6) is 5.75 Å². The van der Waals surface area contributed by atoms with E-state index in [4.69, 9.17) is 4.42 Å². The molecule has 0 spiro atoms. The molecule has 26 heavy (non-hydrogen) atoms. The molecule has 0 aliphatic carbocycles. The van der Waals surface area contributed by atoms with Gasteiger partial charge in [-0.1, -0.05) is 24.3 Å². The molecule has 7 heteroatoms. The Labute approximate surface area is 147 Å². The van der Waals surface area contributed by atoms with Gasteiger partial charge in [0.15, 0.2) is 0 Å². The van der Waals surface area contributed by atoms with Crippen LogP contribution in [0.2, 0.25) is 0 Å². The van der Waals surface area contributed by atoms with Gasteiger partial charge in [0.2, 0.25) is 0 Å². The molecule has 3 rings (SSSR count). The number of ketones is 1. The van der Waals surface area contributed by atoms with E-state index in [0.29, 0.717) is 10.9 Å². The number of Topliss-reactive ketones (excluding diaryl/α,β-unsaturated/α-hetero) is 1. The molecule has 0 saturated carbocycles. The summed E-state index contributed by atoms with van der Waals surface area (Å²) in [6.45, 7) is 1.35. The van der Waals surface area contributed by atoms with E-state index in [2.05, 4.69) is 0 Å². The van der Waals surface area contributed by atoms with Gasteiger partial charge in [-0.3, -0.25) is 14.9 Å². The summed E-state index contributed by atoms with van der Waals surface area (Å²) in [6, 6.07) is 12.1. The summed E-state index contributed by atoms with van der Waals surface area (Å²) in [5.74, 6) is -1.36. The van der Waals surface area contributed by atoms with Gasteiger partial charge in [0, 0.05) is 24.5 Å². The number of hydrogen-bond donors (Lipinski definition) is 1. The highest BCUT2D eigenvalue weighted by atomic mass is 16.6. The molecule has 0 bridgehead atoms. The van der Waals surface area contributed by atoms with Gasteiger partial charge < -0.3 is 9.52 Å². The number of non-ortho nitro benzene ring substituents is 1. The number of aromatic hydroxyl groups is 1. The summed E-state index contributed by atoms with van der Waals surface area (Å²) in [4.78, 5) is 34.7. The molecule has 0 aliphatic heterocycles. The van der Waals surface area contributed by atoms with Crippen molar-refractivity contribution < 1.29 is 19.2 Å². The molecular formula is C19H15NO6. The van der Waals surface area contributed by atoms with Crippen molar-refractivity contribution in [1.29, 1.82) is 0 Å². The highest BCUT2D eigenvalue weighted by molar-refractivity contribution is 5.85. The molecule has 0 aliphatic rings. The average Bonchev–Trinajstić information content (AvgIpc) is 2.60. The van der Waals surface area contributed by atoms with Crippen molar-refractivity contribution in [3.05, 3.63) is 80.2 Å². The number of rotatable bonds is 5. The normalized spacial score (nSPS) is 12.0. The molecule has 0 fully saturated rings. The van der Waals surface area contributed by atoms with E-state index < -0.39 is 16.5 Å². The summed E-state index contributed by atoms with van der Waals surface area (Å²) in [6.07, 6.45) is -0.0994. The van der Waals surface area contributed by atoms with Crippen LogP contribution in [0, 0.1) is 10.1 Å². The van der Waals surface area contributed by atoms with Crippen molar-refractivity contribution in [2.24, 2.45) is 0 Å². The second kappa shape index (κ2) is 6.79. The van der Waals surface area contributed by atoms with Gasteiger partial charge in [0.25, 0.3) is 5.69 Å². The van der Waals surface area contributed by atoms with Crippen LogP contribution in [0.25, 0.3) is 11.0 Å². The van der Waals surface area contributed by atoms with Crippen LogP contribution in [0.1, 0.15) is 30.4 Å². The zero-order valence-electron chi connectivity index (χ0n) is 13.8. The third kappa shape index (κ3) is 3.19. The molecular weight excluding hydrogens is 338 g/mol. The largest absolute Gasteiger partial charge is 0.507 e. The van der Waals surface area contributed by atoms with E-state index in [-0.39, 0.29) is 34.8 Å². The fourth-order valence-electron chi connectivity index (χ4n) is 2.98. The van der Waals surface area contributed by atoms with E-state index >= 15 is 0 Å². The lowest BCUT2D eigenvalue weighted by molar-refractivity contribution is -0.384. The van der Waals surface area contributed by atoms with Crippen LogP contribution < -0.4 is 5.63 Å².